The predicted octanol–water partition coefficient (Wildman–Crippen LogP) is 2.72. The number of amides is 1. The zero-order chi connectivity index (χ0) is 22.4. The van der Waals surface area contributed by atoms with Gasteiger partial charge in [-0.05, 0) is 36.8 Å². The molecule has 6 rings (SSSR count). The highest BCUT2D eigenvalue weighted by atomic mass is 16.5. The average Bonchev–Trinajstić information content (AvgIpc) is 2.81. The molecule has 0 spiro atoms. The maximum Gasteiger partial charge on any atom is 0.255 e. The van der Waals surface area contributed by atoms with Gasteiger partial charge in [0.2, 0.25) is 5.91 Å². The standard InChI is InChI=1S/C24H29N5O3/c1-15(2)23(30)29-5-4-19(11-21(29)25-3)28-6-7-32-20-10-18(12-26-22(20)28)24(31)27-13-16-8-17(9-16)14-27/h4-5,10-12,15-17H,6-9,13-14H2,1-3H3/b25-21-. The molecule has 3 aliphatic heterocycles. The number of rotatable bonds is 3. The minimum atomic E-state index is -0.126. The quantitative estimate of drug-likeness (QED) is 0.741. The Balaban J connectivity index is 1.43. The normalized spacial score (nSPS) is 22.3. The first-order chi connectivity index (χ1) is 15.4. The van der Waals surface area contributed by atoms with Crippen LogP contribution in [0.4, 0.5) is 11.5 Å². The summed E-state index contributed by atoms with van der Waals surface area (Å²) >= 11 is 0. The molecule has 0 N–H and O–H groups in total. The van der Waals surface area contributed by atoms with Gasteiger partial charge in [0.25, 0.3) is 5.91 Å². The van der Waals surface area contributed by atoms with Crippen LogP contribution in [0.1, 0.15) is 41.8 Å². The molecule has 1 amide bonds. The van der Waals surface area contributed by atoms with Gasteiger partial charge in [0, 0.05) is 50.2 Å². The number of piperidine rings is 2. The Hall–Kier alpha value is -3.16. The van der Waals surface area contributed by atoms with Crippen molar-refractivity contribution < 1.29 is 14.3 Å². The molecule has 2 saturated heterocycles. The minimum absolute atomic E-state index is 0.00356. The first-order valence-corrected chi connectivity index (χ1v) is 11.3. The van der Waals surface area contributed by atoms with Crippen LogP contribution in [0.2, 0.25) is 0 Å². The summed E-state index contributed by atoms with van der Waals surface area (Å²) in [4.78, 5) is 38.4. The second kappa shape index (κ2) is 8.07. The highest BCUT2D eigenvalue weighted by Gasteiger charge is 2.39. The van der Waals surface area contributed by atoms with Crippen molar-refractivity contribution >= 4 is 23.3 Å². The van der Waals surface area contributed by atoms with E-state index in [-0.39, 0.29) is 17.7 Å². The molecule has 1 saturated carbocycles. The number of ether oxygens (including phenoxy) is 1. The van der Waals surface area contributed by atoms with E-state index in [1.165, 1.54) is 12.8 Å². The van der Waals surface area contributed by atoms with Crippen LogP contribution in [0.5, 0.6) is 5.75 Å². The SMILES string of the molecule is C/N=c1/cc(N2CCOc3cc(C(=O)N4CC5CC(C5)C4)cnc32)ccn1C(=O)C(C)C. The van der Waals surface area contributed by atoms with Crippen molar-refractivity contribution in [1.82, 2.24) is 14.5 Å². The van der Waals surface area contributed by atoms with Crippen molar-refractivity contribution in [3.63, 3.8) is 0 Å². The number of nitrogens with zero attached hydrogens (tertiary/aromatic N) is 5. The van der Waals surface area contributed by atoms with Gasteiger partial charge < -0.3 is 14.5 Å². The number of carbonyl (C=O) groups excluding carboxylic acids is 2. The summed E-state index contributed by atoms with van der Waals surface area (Å²) in [7, 11) is 1.68. The number of anilines is 2. The van der Waals surface area contributed by atoms with Crippen molar-refractivity contribution in [2.24, 2.45) is 22.7 Å². The molecule has 0 unspecified atom stereocenters. The number of pyridine rings is 2. The second-order valence-electron chi connectivity index (χ2n) is 9.29. The van der Waals surface area contributed by atoms with E-state index in [1.54, 1.807) is 24.0 Å². The van der Waals surface area contributed by atoms with E-state index in [1.807, 2.05) is 41.8 Å². The molecule has 2 aromatic heterocycles. The first-order valence-electron chi connectivity index (χ1n) is 11.3. The molecular weight excluding hydrogens is 406 g/mol. The van der Waals surface area contributed by atoms with Gasteiger partial charge in [0.05, 0.1) is 12.1 Å². The Labute approximate surface area is 187 Å². The van der Waals surface area contributed by atoms with Crippen LogP contribution in [0.15, 0.2) is 35.6 Å². The summed E-state index contributed by atoms with van der Waals surface area (Å²) in [5, 5.41) is 0. The van der Waals surface area contributed by atoms with Gasteiger partial charge >= 0.3 is 0 Å². The molecule has 2 bridgehead atoms. The van der Waals surface area contributed by atoms with Crippen LogP contribution >= 0.6 is 0 Å². The van der Waals surface area contributed by atoms with Gasteiger partial charge in [-0.3, -0.25) is 19.1 Å². The Morgan fingerprint density at radius 3 is 2.62 bits per heavy atom. The molecule has 168 valence electrons. The molecule has 0 radical (unpaired) electrons. The molecule has 4 aliphatic rings. The van der Waals surface area contributed by atoms with E-state index in [0.29, 0.717) is 47.6 Å². The molecule has 5 heterocycles. The van der Waals surface area contributed by atoms with Crippen LogP contribution in [0.25, 0.3) is 0 Å². The molecule has 1 aliphatic carbocycles. The number of hydrogen-bond donors (Lipinski definition) is 0. The van der Waals surface area contributed by atoms with Gasteiger partial charge in [-0.15, -0.1) is 0 Å². The maximum absolute atomic E-state index is 13.0. The van der Waals surface area contributed by atoms with Crippen LogP contribution in [0, 0.1) is 17.8 Å². The van der Waals surface area contributed by atoms with Crippen molar-refractivity contribution in [2.75, 3.05) is 38.2 Å². The first kappa shape index (κ1) is 20.7. The third kappa shape index (κ3) is 3.57. The number of carbonyl (C=O) groups is 2. The third-order valence-electron chi connectivity index (χ3n) is 6.68. The van der Waals surface area contributed by atoms with Crippen LogP contribution in [-0.2, 0) is 0 Å². The van der Waals surface area contributed by atoms with E-state index < -0.39 is 0 Å². The van der Waals surface area contributed by atoms with Crippen molar-refractivity contribution in [3.8, 4) is 5.75 Å². The summed E-state index contributed by atoms with van der Waals surface area (Å²) < 4.78 is 7.45. The van der Waals surface area contributed by atoms with Crippen LogP contribution in [-0.4, -0.2) is 59.6 Å². The van der Waals surface area contributed by atoms with E-state index >= 15 is 0 Å². The lowest BCUT2D eigenvalue weighted by Gasteiger charge is -2.47. The fourth-order valence-electron chi connectivity index (χ4n) is 4.97. The van der Waals surface area contributed by atoms with Gasteiger partial charge in [-0.2, -0.15) is 0 Å². The van der Waals surface area contributed by atoms with Gasteiger partial charge in [-0.1, -0.05) is 13.8 Å². The molecule has 8 heteroatoms. The maximum atomic E-state index is 13.0. The molecule has 32 heavy (non-hydrogen) atoms. The summed E-state index contributed by atoms with van der Waals surface area (Å²) in [5.74, 6) is 2.51. The molecule has 0 atom stereocenters. The largest absolute Gasteiger partial charge is 0.488 e. The fraction of sp³-hybridized carbons (Fsp3) is 0.500. The lowest BCUT2D eigenvalue weighted by Crippen LogP contribution is -2.50. The summed E-state index contributed by atoms with van der Waals surface area (Å²) in [5.41, 5.74) is 2.04. The Morgan fingerprint density at radius 2 is 1.94 bits per heavy atom. The predicted molar refractivity (Wildman–Crippen MR) is 120 cm³/mol. The zero-order valence-corrected chi connectivity index (χ0v) is 18.8. The van der Waals surface area contributed by atoms with Gasteiger partial charge in [0.1, 0.15) is 12.1 Å². The number of fused-ring (bicyclic) bond motifs is 3. The third-order valence-corrected chi connectivity index (χ3v) is 6.68. The smallest absolute Gasteiger partial charge is 0.255 e. The van der Waals surface area contributed by atoms with Gasteiger partial charge in [-0.25, -0.2) is 4.98 Å². The summed E-state index contributed by atoms with van der Waals surface area (Å²) in [6.07, 6.45) is 5.93. The minimum Gasteiger partial charge on any atom is -0.488 e. The van der Waals surface area contributed by atoms with Crippen LogP contribution in [0.3, 0.4) is 0 Å². The second-order valence-corrected chi connectivity index (χ2v) is 9.29. The van der Waals surface area contributed by atoms with Crippen molar-refractivity contribution in [3.05, 3.63) is 41.6 Å². The topological polar surface area (TPSA) is 80.0 Å². The number of hydrogen-bond acceptors (Lipinski definition) is 6. The monoisotopic (exact) mass is 435 g/mol. The molecule has 0 aromatic carbocycles. The Morgan fingerprint density at radius 1 is 1.19 bits per heavy atom. The Bertz CT molecular complexity index is 1120. The molecule has 2 aromatic rings. The van der Waals surface area contributed by atoms with Crippen molar-refractivity contribution in [1.29, 1.82) is 0 Å². The van der Waals surface area contributed by atoms with Gasteiger partial charge in [0.15, 0.2) is 11.6 Å². The Kier molecular flexibility index (Phi) is 5.23. The lowest BCUT2D eigenvalue weighted by atomic mass is 9.71. The lowest BCUT2D eigenvalue weighted by molar-refractivity contribution is 0.0228. The van der Waals surface area contributed by atoms with E-state index in [0.717, 1.165) is 18.8 Å². The van der Waals surface area contributed by atoms with Crippen LogP contribution < -0.4 is 15.1 Å². The molecular formula is C24H29N5O3. The molecule has 3 fully saturated rings. The van der Waals surface area contributed by atoms with E-state index in [2.05, 4.69) is 9.98 Å². The summed E-state index contributed by atoms with van der Waals surface area (Å²) in [6.45, 7) is 6.55. The summed E-state index contributed by atoms with van der Waals surface area (Å²) in [6, 6.07) is 5.59. The number of aromatic nitrogens is 2. The zero-order valence-electron chi connectivity index (χ0n) is 18.8. The van der Waals surface area contributed by atoms with E-state index in [4.69, 9.17) is 4.74 Å². The average molecular weight is 436 g/mol. The fourth-order valence-corrected chi connectivity index (χ4v) is 4.97. The highest BCUT2D eigenvalue weighted by molar-refractivity contribution is 5.95. The van der Waals surface area contributed by atoms with Crippen molar-refractivity contribution in [2.45, 2.75) is 26.7 Å². The van der Waals surface area contributed by atoms with E-state index in [9.17, 15) is 9.59 Å². The highest BCUT2D eigenvalue weighted by Crippen LogP contribution is 2.40. The molecule has 8 nitrogen and oxygen atoms in total.